The van der Waals surface area contributed by atoms with E-state index in [4.69, 9.17) is 0 Å². The molecule has 3 nitrogen and oxygen atoms in total. The van der Waals surface area contributed by atoms with Crippen LogP contribution in [0.5, 0.6) is 0 Å². The highest BCUT2D eigenvalue weighted by Crippen LogP contribution is 2.14. The summed E-state index contributed by atoms with van der Waals surface area (Å²) in [6.07, 6.45) is 1.98. The van der Waals surface area contributed by atoms with Gasteiger partial charge in [0.2, 0.25) is 5.91 Å². The molecule has 1 aromatic carbocycles. The van der Waals surface area contributed by atoms with Crippen molar-refractivity contribution >= 4 is 23.5 Å². The first-order valence-corrected chi connectivity index (χ1v) is 6.23. The summed E-state index contributed by atoms with van der Waals surface area (Å²) in [5.41, 5.74) is 1.04. The molecule has 0 aliphatic heterocycles. The molecule has 0 aliphatic rings. The second kappa shape index (κ2) is 6.33. The van der Waals surface area contributed by atoms with Crippen LogP contribution in [0.2, 0.25) is 0 Å². The lowest BCUT2D eigenvalue weighted by Gasteiger charge is -2.04. The Morgan fingerprint density at radius 1 is 1.25 bits per heavy atom. The second-order valence-corrected chi connectivity index (χ2v) is 4.38. The van der Waals surface area contributed by atoms with Crippen molar-refractivity contribution in [2.75, 3.05) is 6.26 Å². The van der Waals surface area contributed by atoms with Crippen LogP contribution in [0.15, 0.2) is 29.2 Å². The Labute approximate surface area is 99.6 Å². The molecule has 0 radical (unpaired) electrons. The Balaban J connectivity index is 2.42. The van der Waals surface area contributed by atoms with Crippen molar-refractivity contribution in [3.8, 4) is 0 Å². The Bertz CT molecular complexity index is 373. The summed E-state index contributed by atoms with van der Waals surface area (Å²) in [6.45, 7) is 1.88. The number of nitrogens with one attached hydrogen (secondary N) is 1. The number of hydrogen-bond donors (Lipinski definition) is 1. The zero-order chi connectivity index (χ0) is 12.0. The number of ketones is 1. The van der Waals surface area contributed by atoms with Crippen molar-refractivity contribution in [2.24, 2.45) is 0 Å². The van der Waals surface area contributed by atoms with Gasteiger partial charge in [-0.05, 0) is 30.9 Å². The zero-order valence-electron chi connectivity index (χ0n) is 9.45. The summed E-state index contributed by atoms with van der Waals surface area (Å²) in [4.78, 5) is 23.1. The van der Waals surface area contributed by atoms with E-state index in [0.717, 1.165) is 5.56 Å². The SMILES string of the molecule is CSc1ccc(CNC(=O)CC(C)=O)cc1. The third-order valence-corrected chi connectivity index (χ3v) is 2.80. The first kappa shape index (κ1) is 12.8. The Hall–Kier alpha value is -1.29. The highest BCUT2D eigenvalue weighted by molar-refractivity contribution is 7.98. The number of hydrogen-bond acceptors (Lipinski definition) is 3. The van der Waals surface area contributed by atoms with Gasteiger partial charge in [-0.1, -0.05) is 12.1 Å². The highest BCUT2D eigenvalue weighted by atomic mass is 32.2. The molecule has 1 rings (SSSR count). The summed E-state index contributed by atoms with van der Waals surface area (Å²) >= 11 is 1.68. The minimum Gasteiger partial charge on any atom is -0.352 e. The standard InChI is InChI=1S/C12H15NO2S/c1-9(14)7-12(15)13-8-10-3-5-11(16-2)6-4-10/h3-6H,7-8H2,1-2H3,(H,13,15). The smallest absolute Gasteiger partial charge is 0.227 e. The van der Waals surface area contributed by atoms with Gasteiger partial charge in [-0.15, -0.1) is 11.8 Å². The number of amides is 1. The van der Waals surface area contributed by atoms with Crippen LogP contribution in [0.4, 0.5) is 0 Å². The van der Waals surface area contributed by atoms with Crippen LogP contribution >= 0.6 is 11.8 Å². The van der Waals surface area contributed by atoms with Crippen molar-refractivity contribution in [1.82, 2.24) is 5.32 Å². The van der Waals surface area contributed by atoms with E-state index >= 15 is 0 Å². The minimum absolute atomic E-state index is 0.0388. The maximum absolute atomic E-state index is 11.2. The third-order valence-electron chi connectivity index (χ3n) is 2.06. The molecule has 0 unspecified atom stereocenters. The lowest BCUT2D eigenvalue weighted by molar-refractivity contribution is -0.127. The van der Waals surface area contributed by atoms with E-state index in [9.17, 15) is 9.59 Å². The van der Waals surface area contributed by atoms with Gasteiger partial charge in [0.25, 0.3) is 0 Å². The van der Waals surface area contributed by atoms with Crippen LogP contribution in [0.25, 0.3) is 0 Å². The lowest BCUT2D eigenvalue weighted by atomic mass is 10.2. The molecule has 0 saturated heterocycles. The van der Waals surface area contributed by atoms with Crippen LogP contribution in [0, 0.1) is 0 Å². The van der Waals surface area contributed by atoms with Gasteiger partial charge >= 0.3 is 0 Å². The van der Waals surface area contributed by atoms with Crippen molar-refractivity contribution in [1.29, 1.82) is 0 Å². The van der Waals surface area contributed by atoms with Crippen molar-refractivity contribution in [3.05, 3.63) is 29.8 Å². The fourth-order valence-electron chi connectivity index (χ4n) is 1.23. The van der Waals surface area contributed by atoms with Gasteiger partial charge < -0.3 is 5.32 Å². The van der Waals surface area contributed by atoms with Gasteiger partial charge in [0.05, 0.1) is 6.42 Å². The lowest BCUT2D eigenvalue weighted by Crippen LogP contribution is -2.24. The van der Waals surface area contributed by atoms with E-state index < -0.39 is 0 Å². The molecule has 1 amide bonds. The number of benzene rings is 1. The molecular weight excluding hydrogens is 222 g/mol. The molecule has 0 saturated carbocycles. The largest absolute Gasteiger partial charge is 0.352 e. The third kappa shape index (κ3) is 4.49. The van der Waals surface area contributed by atoms with Crippen LogP contribution in [0.1, 0.15) is 18.9 Å². The summed E-state index contributed by atoms with van der Waals surface area (Å²) in [7, 11) is 0. The van der Waals surface area contributed by atoms with Gasteiger partial charge in [0.1, 0.15) is 5.78 Å². The Morgan fingerprint density at radius 2 is 1.88 bits per heavy atom. The molecule has 0 spiro atoms. The molecule has 4 heteroatoms. The highest BCUT2D eigenvalue weighted by Gasteiger charge is 2.04. The molecule has 0 heterocycles. The quantitative estimate of drug-likeness (QED) is 0.629. The first-order chi connectivity index (χ1) is 7.61. The molecule has 16 heavy (non-hydrogen) atoms. The minimum atomic E-state index is -0.221. The predicted molar refractivity (Wildman–Crippen MR) is 65.4 cm³/mol. The molecular formula is C12H15NO2S. The maximum atomic E-state index is 11.2. The number of carbonyl (C=O) groups excluding carboxylic acids is 2. The topological polar surface area (TPSA) is 46.2 Å². The molecule has 0 aliphatic carbocycles. The summed E-state index contributed by atoms with van der Waals surface area (Å²) < 4.78 is 0. The van der Waals surface area contributed by atoms with Crippen molar-refractivity contribution < 1.29 is 9.59 Å². The molecule has 0 fully saturated rings. The predicted octanol–water partition coefficient (Wildman–Crippen LogP) is 2.00. The maximum Gasteiger partial charge on any atom is 0.227 e. The van der Waals surface area contributed by atoms with Crippen LogP contribution in [0.3, 0.4) is 0 Å². The normalized spacial score (nSPS) is 9.88. The Morgan fingerprint density at radius 3 is 2.38 bits per heavy atom. The van der Waals surface area contributed by atoms with E-state index in [1.807, 2.05) is 30.5 Å². The monoisotopic (exact) mass is 237 g/mol. The van der Waals surface area contributed by atoms with E-state index in [1.165, 1.54) is 11.8 Å². The van der Waals surface area contributed by atoms with Crippen LogP contribution in [-0.4, -0.2) is 17.9 Å². The molecule has 0 atom stereocenters. The number of thioether (sulfide) groups is 1. The second-order valence-electron chi connectivity index (χ2n) is 3.50. The van der Waals surface area contributed by atoms with E-state index in [1.54, 1.807) is 11.8 Å². The fourth-order valence-corrected chi connectivity index (χ4v) is 1.64. The number of carbonyl (C=O) groups is 2. The van der Waals surface area contributed by atoms with Crippen molar-refractivity contribution in [2.45, 2.75) is 24.8 Å². The molecule has 1 N–H and O–H groups in total. The van der Waals surface area contributed by atoms with E-state index in [-0.39, 0.29) is 18.1 Å². The summed E-state index contributed by atoms with van der Waals surface area (Å²) in [5.74, 6) is -0.336. The van der Waals surface area contributed by atoms with Gasteiger partial charge in [0.15, 0.2) is 0 Å². The Kier molecular flexibility index (Phi) is 5.05. The number of rotatable bonds is 5. The molecule has 1 aromatic rings. The van der Waals surface area contributed by atoms with Gasteiger partial charge in [0, 0.05) is 11.4 Å². The van der Waals surface area contributed by atoms with E-state index in [0.29, 0.717) is 6.54 Å². The molecule has 86 valence electrons. The van der Waals surface area contributed by atoms with Crippen LogP contribution in [-0.2, 0) is 16.1 Å². The van der Waals surface area contributed by atoms with Gasteiger partial charge in [-0.2, -0.15) is 0 Å². The zero-order valence-corrected chi connectivity index (χ0v) is 10.3. The van der Waals surface area contributed by atoms with Crippen molar-refractivity contribution in [3.63, 3.8) is 0 Å². The first-order valence-electron chi connectivity index (χ1n) is 5.01. The molecule has 0 aromatic heterocycles. The number of Topliss-reactive ketones (excluding diaryl/α,β-unsaturated/α-hetero) is 1. The summed E-state index contributed by atoms with van der Waals surface area (Å²) in [5, 5.41) is 2.70. The summed E-state index contributed by atoms with van der Waals surface area (Å²) in [6, 6.07) is 7.97. The van der Waals surface area contributed by atoms with Crippen LogP contribution < -0.4 is 5.32 Å². The average Bonchev–Trinajstić information content (AvgIpc) is 2.26. The van der Waals surface area contributed by atoms with E-state index in [2.05, 4.69) is 5.32 Å². The van der Waals surface area contributed by atoms with Gasteiger partial charge in [-0.3, -0.25) is 9.59 Å². The fraction of sp³-hybridized carbons (Fsp3) is 0.333. The average molecular weight is 237 g/mol. The molecule has 0 bridgehead atoms. The van der Waals surface area contributed by atoms with Gasteiger partial charge in [-0.25, -0.2) is 0 Å².